The Hall–Kier alpha value is -1.97. The maximum atomic E-state index is 13.2. The molecule has 3 rings (SSSR count). The zero-order valence-corrected chi connectivity index (χ0v) is 15.2. The number of aromatic nitrogens is 1. The highest BCUT2D eigenvalue weighted by Crippen LogP contribution is 2.35. The second-order valence-electron chi connectivity index (χ2n) is 6.25. The number of sulfonamides is 1. The van der Waals surface area contributed by atoms with Crippen LogP contribution in [0.4, 0.5) is 13.2 Å². The lowest BCUT2D eigenvalue weighted by molar-refractivity contribution is -0.139. The molecule has 0 bridgehead atoms. The molecule has 1 aliphatic heterocycles. The van der Waals surface area contributed by atoms with Gasteiger partial charge in [0.15, 0.2) is 0 Å². The van der Waals surface area contributed by atoms with Crippen molar-refractivity contribution in [1.82, 2.24) is 9.29 Å². The van der Waals surface area contributed by atoms with Gasteiger partial charge in [-0.1, -0.05) is 18.2 Å². The van der Waals surface area contributed by atoms with Gasteiger partial charge in [0.25, 0.3) is 0 Å². The van der Waals surface area contributed by atoms with Crippen LogP contribution in [-0.2, 0) is 27.5 Å². The van der Waals surface area contributed by atoms with Crippen molar-refractivity contribution >= 4 is 10.0 Å². The van der Waals surface area contributed by atoms with Crippen LogP contribution in [0.5, 0.6) is 0 Å². The van der Waals surface area contributed by atoms with Crippen LogP contribution in [-0.4, -0.2) is 36.9 Å². The van der Waals surface area contributed by atoms with Crippen LogP contribution in [0.1, 0.15) is 24.1 Å². The van der Waals surface area contributed by atoms with E-state index in [2.05, 4.69) is 4.98 Å². The second kappa shape index (κ2) is 7.95. The highest BCUT2D eigenvalue weighted by atomic mass is 32.2. The Labute approximate surface area is 155 Å². The van der Waals surface area contributed by atoms with E-state index in [4.69, 9.17) is 4.74 Å². The molecule has 5 nitrogen and oxygen atoms in total. The average Bonchev–Trinajstić information content (AvgIpc) is 2.67. The molecule has 1 aromatic carbocycles. The predicted molar refractivity (Wildman–Crippen MR) is 92.3 cm³/mol. The molecular weight excluding hydrogens is 381 g/mol. The van der Waals surface area contributed by atoms with E-state index in [1.54, 1.807) is 18.3 Å². The van der Waals surface area contributed by atoms with E-state index < -0.39 is 32.8 Å². The first-order valence-corrected chi connectivity index (χ1v) is 9.90. The minimum atomic E-state index is -4.74. The van der Waals surface area contributed by atoms with Crippen LogP contribution in [0.2, 0.25) is 0 Å². The van der Waals surface area contributed by atoms with Crippen molar-refractivity contribution in [1.29, 1.82) is 0 Å². The monoisotopic (exact) mass is 400 g/mol. The first-order valence-electron chi connectivity index (χ1n) is 8.46. The smallest absolute Gasteiger partial charge is 0.371 e. The zero-order chi connectivity index (χ0) is 19.5. The number of ether oxygens (including phenoxy) is 1. The van der Waals surface area contributed by atoms with Crippen LogP contribution in [0.15, 0.2) is 53.6 Å². The Balaban J connectivity index is 1.75. The standard InChI is InChI=1S/C18H19F3N2O3S/c19-18(20,21)16-8-1-2-9-17(16)27(24,25)23-11-5-7-15(12-23)26-13-14-6-3-4-10-22-14/h1-4,6,8-10,15H,5,7,11-13H2. The summed E-state index contributed by atoms with van der Waals surface area (Å²) in [6.07, 6.45) is -2.35. The fourth-order valence-corrected chi connectivity index (χ4v) is 4.73. The van der Waals surface area contributed by atoms with Crippen LogP contribution in [0, 0.1) is 0 Å². The molecule has 0 spiro atoms. The highest BCUT2D eigenvalue weighted by Gasteiger charge is 2.40. The summed E-state index contributed by atoms with van der Waals surface area (Å²) in [6, 6.07) is 9.63. The van der Waals surface area contributed by atoms with Gasteiger partial charge in [0.2, 0.25) is 10.0 Å². The molecule has 1 unspecified atom stereocenters. The topological polar surface area (TPSA) is 59.5 Å². The molecule has 0 radical (unpaired) electrons. The van der Waals surface area contributed by atoms with Crippen LogP contribution in [0.3, 0.4) is 0 Å². The first kappa shape index (κ1) is 19.8. The molecule has 0 aliphatic carbocycles. The second-order valence-corrected chi connectivity index (χ2v) is 8.16. The third-order valence-electron chi connectivity index (χ3n) is 4.34. The van der Waals surface area contributed by atoms with Gasteiger partial charge in [-0.05, 0) is 37.1 Å². The fourth-order valence-electron chi connectivity index (χ4n) is 3.01. The number of rotatable bonds is 5. The van der Waals surface area contributed by atoms with Crippen molar-refractivity contribution < 1.29 is 26.3 Å². The molecule has 1 atom stereocenters. The van der Waals surface area contributed by atoms with Crippen molar-refractivity contribution in [3.05, 3.63) is 59.9 Å². The van der Waals surface area contributed by atoms with Gasteiger partial charge < -0.3 is 4.74 Å². The van der Waals surface area contributed by atoms with Crippen LogP contribution < -0.4 is 0 Å². The highest BCUT2D eigenvalue weighted by molar-refractivity contribution is 7.89. The minimum absolute atomic E-state index is 0.0152. The largest absolute Gasteiger partial charge is 0.417 e. The fraction of sp³-hybridized carbons (Fsp3) is 0.389. The Morgan fingerprint density at radius 2 is 1.89 bits per heavy atom. The van der Waals surface area contributed by atoms with E-state index in [1.807, 2.05) is 6.07 Å². The molecule has 1 saturated heterocycles. The van der Waals surface area contributed by atoms with Gasteiger partial charge in [-0.15, -0.1) is 0 Å². The maximum Gasteiger partial charge on any atom is 0.417 e. The zero-order valence-electron chi connectivity index (χ0n) is 14.4. The molecule has 27 heavy (non-hydrogen) atoms. The number of hydrogen-bond donors (Lipinski definition) is 0. The Kier molecular flexibility index (Phi) is 5.83. The van der Waals surface area contributed by atoms with Crippen LogP contribution in [0.25, 0.3) is 0 Å². The number of halogens is 3. The molecule has 1 aromatic heterocycles. The Morgan fingerprint density at radius 1 is 1.15 bits per heavy atom. The lowest BCUT2D eigenvalue weighted by atomic mass is 10.1. The van der Waals surface area contributed by atoms with Gasteiger partial charge in [-0.3, -0.25) is 4.98 Å². The van der Waals surface area contributed by atoms with Gasteiger partial charge in [-0.25, -0.2) is 8.42 Å². The molecule has 9 heteroatoms. The number of nitrogens with zero attached hydrogens (tertiary/aromatic N) is 2. The summed E-state index contributed by atoms with van der Waals surface area (Å²) in [5, 5.41) is 0. The van der Waals surface area contributed by atoms with E-state index in [9.17, 15) is 21.6 Å². The summed E-state index contributed by atoms with van der Waals surface area (Å²) in [4.78, 5) is 3.42. The van der Waals surface area contributed by atoms with Gasteiger partial charge >= 0.3 is 6.18 Å². The van der Waals surface area contributed by atoms with Gasteiger partial charge in [0.1, 0.15) is 0 Å². The maximum absolute atomic E-state index is 13.2. The van der Waals surface area contributed by atoms with Crippen molar-refractivity contribution in [2.75, 3.05) is 13.1 Å². The van der Waals surface area contributed by atoms with Crippen molar-refractivity contribution in [2.24, 2.45) is 0 Å². The van der Waals surface area contributed by atoms with E-state index in [-0.39, 0.29) is 19.7 Å². The number of alkyl halides is 3. The molecule has 0 amide bonds. The molecule has 1 aliphatic rings. The van der Waals surface area contributed by atoms with E-state index >= 15 is 0 Å². The summed E-state index contributed by atoms with van der Waals surface area (Å²) in [5.41, 5.74) is -0.443. The molecule has 0 saturated carbocycles. The van der Waals surface area contributed by atoms with Gasteiger partial charge in [0, 0.05) is 19.3 Å². The van der Waals surface area contributed by atoms with Gasteiger partial charge in [0.05, 0.1) is 28.9 Å². The SMILES string of the molecule is O=S(=O)(c1ccccc1C(F)(F)F)N1CCCC(OCc2ccccn2)C1. The van der Waals surface area contributed by atoms with Gasteiger partial charge in [-0.2, -0.15) is 17.5 Å². The van der Waals surface area contributed by atoms with E-state index in [0.29, 0.717) is 18.5 Å². The van der Waals surface area contributed by atoms with E-state index in [1.165, 1.54) is 12.1 Å². The number of hydrogen-bond acceptors (Lipinski definition) is 4. The summed E-state index contributed by atoms with van der Waals surface area (Å²) in [5.74, 6) is 0. The number of piperidine rings is 1. The quantitative estimate of drug-likeness (QED) is 0.771. The molecule has 146 valence electrons. The summed E-state index contributed by atoms with van der Waals surface area (Å²) >= 11 is 0. The average molecular weight is 400 g/mol. The summed E-state index contributed by atoms with van der Waals surface area (Å²) in [7, 11) is -4.27. The van der Waals surface area contributed by atoms with Crippen molar-refractivity contribution in [2.45, 2.75) is 36.6 Å². The summed E-state index contributed by atoms with van der Waals surface area (Å²) in [6.45, 7) is 0.401. The predicted octanol–water partition coefficient (Wildman–Crippen LogP) is 3.47. The molecular formula is C18H19F3N2O3S. The van der Waals surface area contributed by atoms with E-state index in [0.717, 1.165) is 16.4 Å². The van der Waals surface area contributed by atoms with Crippen LogP contribution >= 0.6 is 0 Å². The lowest BCUT2D eigenvalue weighted by Gasteiger charge is -2.32. The third-order valence-corrected chi connectivity index (χ3v) is 6.27. The summed E-state index contributed by atoms with van der Waals surface area (Å²) < 4.78 is 72.1. The van der Waals surface area contributed by atoms with Crippen molar-refractivity contribution in [3.63, 3.8) is 0 Å². The Bertz CT molecular complexity index is 873. The third kappa shape index (κ3) is 4.66. The molecule has 2 heterocycles. The van der Waals surface area contributed by atoms with Crippen molar-refractivity contribution in [3.8, 4) is 0 Å². The number of benzene rings is 1. The lowest BCUT2D eigenvalue weighted by Crippen LogP contribution is -2.43. The molecule has 1 fully saturated rings. The Morgan fingerprint density at radius 3 is 2.59 bits per heavy atom. The molecule has 0 N–H and O–H groups in total. The molecule has 2 aromatic rings. The minimum Gasteiger partial charge on any atom is -0.371 e. The normalized spacial score (nSPS) is 19.1. The number of pyridine rings is 1. The first-order chi connectivity index (χ1) is 12.8.